The van der Waals surface area contributed by atoms with Crippen molar-refractivity contribution in [3.63, 3.8) is 0 Å². The lowest BCUT2D eigenvalue weighted by Crippen LogP contribution is -2.51. The third kappa shape index (κ3) is 3.42. The third-order valence-electron chi connectivity index (χ3n) is 4.61. The van der Waals surface area contributed by atoms with Crippen LogP contribution < -0.4 is 4.90 Å². The van der Waals surface area contributed by atoms with Crippen LogP contribution in [0.4, 0.5) is 5.82 Å². The Labute approximate surface area is 165 Å². The molecule has 9 nitrogen and oxygen atoms in total. The maximum atomic E-state index is 13.1. The predicted molar refractivity (Wildman–Crippen MR) is 101 cm³/mol. The summed E-state index contributed by atoms with van der Waals surface area (Å²) in [5.41, 5.74) is 1.36. The SMILES string of the molecule is CCOC(=O)C1C(=O)N(CCc2ccccc2)c2cc(-c3cnco3)nn2C1=O. The zero-order chi connectivity index (χ0) is 20.4. The van der Waals surface area contributed by atoms with Gasteiger partial charge in [0.15, 0.2) is 12.2 Å². The number of esters is 1. The highest BCUT2D eigenvalue weighted by atomic mass is 16.5. The number of ether oxygens (including phenoxy) is 1. The number of carbonyl (C=O) groups excluding carboxylic acids is 3. The number of nitrogens with zero attached hydrogens (tertiary/aromatic N) is 4. The number of amides is 1. The van der Waals surface area contributed by atoms with Gasteiger partial charge in [-0.3, -0.25) is 19.3 Å². The number of aromatic nitrogens is 3. The number of hydrogen-bond acceptors (Lipinski definition) is 7. The summed E-state index contributed by atoms with van der Waals surface area (Å²) in [6.07, 6.45) is 3.24. The van der Waals surface area contributed by atoms with Gasteiger partial charge < -0.3 is 9.15 Å². The number of benzene rings is 1. The number of hydrogen-bond donors (Lipinski definition) is 0. The highest BCUT2D eigenvalue weighted by Crippen LogP contribution is 2.30. The van der Waals surface area contributed by atoms with Crippen LogP contribution in [0.2, 0.25) is 0 Å². The van der Waals surface area contributed by atoms with E-state index in [-0.39, 0.29) is 19.0 Å². The minimum atomic E-state index is -1.58. The molecule has 0 saturated carbocycles. The van der Waals surface area contributed by atoms with Gasteiger partial charge in [0.1, 0.15) is 11.5 Å². The average Bonchev–Trinajstić information content (AvgIpc) is 3.39. The Kier molecular flexibility index (Phi) is 4.94. The van der Waals surface area contributed by atoms with Gasteiger partial charge in [0.25, 0.3) is 11.8 Å². The van der Waals surface area contributed by atoms with E-state index >= 15 is 0 Å². The number of oxazole rings is 1. The molecule has 1 atom stereocenters. The molecule has 1 aliphatic rings. The monoisotopic (exact) mass is 394 g/mol. The van der Waals surface area contributed by atoms with Gasteiger partial charge in [-0.1, -0.05) is 30.3 Å². The normalized spacial score (nSPS) is 16.0. The lowest BCUT2D eigenvalue weighted by molar-refractivity contribution is -0.149. The van der Waals surface area contributed by atoms with Crippen molar-refractivity contribution in [3.8, 4) is 11.5 Å². The van der Waals surface area contributed by atoms with Gasteiger partial charge in [-0.05, 0) is 18.9 Å². The molecule has 1 unspecified atom stereocenters. The zero-order valence-electron chi connectivity index (χ0n) is 15.6. The maximum Gasteiger partial charge on any atom is 0.328 e. The number of rotatable bonds is 6. The van der Waals surface area contributed by atoms with Crippen molar-refractivity contribution in [2.45, 2.75) is 13.3 Å². The van der Waals surface area contributed by atoms with E-state index in [0.29, 0.717) is 17.9 Å². The Morgan fingerprint density at radius 2 is 2.00 bits per heavy atom. The zero-order valence-corrected chi connectivity index (χ0v) is 15.6. The van der Waals surface area contributed by atoms with Crippen LogP contribution in [0.15, 0.2) is 53.4 Å². The Morgan fingerprint density at radius 3 is 2.69 bits per heavy atom. The number of carbonyl (C=O) groups is 3. The minimum absolute atomic E-state index is 0.0647. The van der Waals surface area contributed by atoms with Crippen LogP contribution in [-0.2, 0) is 20.7 Å². The second kappa shape index (κ2) is 7.70. The highest BCUT2D eigenvalue weighted by Gasteiger charge is 2.46. The second-order valence-electron chi connectivity index (χ2n) is 6.41. The summed E-state index contributed by atoms with van der Waals surface area (Å²) in [4.78, 5) is 43.5. The van der Waals surface area contributed by atoms with Crippen molar-refractivity contribution in [1.29, 1.82) is 0 Å². The Morgan fingerprint density at radius 1 is 1.21 bits per heavy atom. The van der Waals surface area contributed by atoms with Crippen molar-refractivity contribution >= 4 is 23.6 Å². The molecule has 3 aromatic rings. The third-order valence-corrected chi connectivity index (χ3v) is 4.61. The fraction of sp³-hybridized carbons (Fsp3) is 0.250. The van der Waals surface area contributed by atoms with Crippen LogP contribution in [0.3, 0.4) is 0 Å². The fourth-order valence-electron chi connectivity index (χ4n) is 3.22. The summed E-state index contributed by atoms with van der Waals surface area (Å²) in [5, 5.41) is 4.24. The first kappa shape index (κ1) is 18.6. The van der Waals surface area contributed by atoms with Gasteiger partial charge in [0, 0.05) is 12.6 Å². The van der Waals surface area contributed by atoms with E-state index in [0.717, 1.165) is 10.2 Å². The Balaban J connectivity index is 1.72. The molecule has 9 heteroatoms. The average molecular weight is 394 g/mol. The summed E-state index contributed by atoms with van der Waals surface area (Å²) >= 11 is 0. The molecule has 4 rings (SSSR count). The van der Waals surface area contributed by atoms with Crippen LogP contribution in [0.5, 0.6) is 0 Å². The predicted octanol–water partition coefficient (Wildman–Crippen LogP) is 1.95. The topological polar surface area (TPSA) is 108 Å². The van der Waals surface area contributed by atoms with Gasteiger partial charge >= 0.3 is 5.97 Å². The van der Waals surface area contributed by atoms with Gasteiger partial charge in [-0.2, -0.15) is 9.78 Å². The summed E-state index contributed by atoms with van der Waals surface area (Å²) in [7, 11) is 0. The van der Waals surface area contributed by atoms with Gasteiger partial charge in [-0.15, -0.1) is 0 Å². The molecule has 0 radical (unpaired) electrons. The second-order valence-corrected chi connectivity index (χ2v) is 6.41. The van der Waals surface area contributed by atoms with Crippen molar-refractivity contribution in [2.75, 3.05) is 18.1 Å². The van der Waals surface area contributed by atoms with Crippen LogP contribution in [0.25, 0.3) is 11.5 Å². The molecule has 3 heterocycles. The van der Waals surface area contributed by atoms with Crippen molar-refractivity contribution < 1.29 is 23.5 Å². The van der Waals surface area contributed by atoms with Crippen LogP contribution in [0, 0.1) is 5.92 Å². The molecule has 0 bridgehead atoms. The summed E-state index contributed by atoms with van der Waals surface area (Å²) in [6, 6.07) is 11.2. The van der Waals surface area contributed by atoms with E-state index in [1.165, 1.54) is 17.5 Å². The molecule has 0 spiro atoms. The molecule has 29 heavy (non-hydrogen) atoms. The molecule has 0 saturated heterocycles. The maximum absolute atomic E-state index is 13.1. The lowest BCUT2D eigenvalue weighted by atomic mass is 10.0. The van der Waals surface area contributed by atoms with Gasteiger partial charge in [0.05, 0.1) is 12.8 Å². The Bertz CT molecular complexity index is 1040. The standard InChI is InChI=1S/C20H18N4O5/c1-2-28-20(27)17-18(25)23(9-8-13-6-4-3-5-7-13)16-10-14(15-11-21-12-29-15)22-24(16)19(17)26/h3-7,10-12,17H,2,8-9H2,1H3. The van der Waals surface area contributed by atoms with E-state index < -0.39 is 23.7 Å². The first-order chi connectivity index (χ1) is 14.1. The van der Waals surface area contributed by atoms with Crippen LogP contribution in [0.1, 0.15) is 17.3 Å². The molecule has 1 amide bonds. The van der Waals surface area contributed by atoms with E-state index in [9.17, 15) is 14.4 Å². The van der Waals surface area contributed by atoms with E-state index in [1.807, 2.05) is 30.3 Å². The minimum Gasteiger partial charge on any atom is -0.465 e. The summed E-state index contributed by atoms with van der Waals surface area (Å²) < 4.78 is 11.3. The number of anilines is 1. The summed E-state index contributed by atoms with van der Waals surface area (Å²) in [5.74, 6) is -3.20. The Hall–Kier alpha value is -3.75. The molecular weight excluding hydrogens is 376 g/mol. The molecule has 2 aromatic heterocycles. The van der Waals surface area contributed by atoms with Gasteiger partial charge in [-0.25, -0.2) is 4.98 Å². The molecule has 0 fully saturated rings. The molecule has 0 N–H and O–H groups in total. The quantitative estimate of drug-likeness (QED) is 0.464. The van der Waals surface area contributed by atoms with E-state index in [2.05, 4.69) is 10.1 Å². The van der Waals surface area contributed by atoms with E-state index in [4.69, 9.17) is 9.15 Å². The molecule has 1 aromatic carbocycles. The number of fused-ring (bicyclic) bond motifs is 1. The molecule has 148 valence electrons. The summed E-state index contributed by atoms with van der Waals surface area (Å²) in [6.45, 7) is 1.95. The smallest absolute Gasteiger partial charge is 0.328 e. The van der Waals surface area contributed by atoms with Crippen molar-refractivity contribution in [1.82, 2.24) is 14.8 Å². The highest BCUT2D eigenvalue weighted by molar-refractivity contribution is 6.23. The van der Waals surface area contributed by atoms with Crippen molar-refractivity contribution in [2.24, 2.45) is 5.92 Å². The first-order valence-electron chi connectivity index (χ1n) is 9.15. The molecule has 1 aliphatic heterocycles. The fourth-order valence-corrected chi connectivity index (χ4v) is 3.22. The van der Waals surface area contributed by atoms with Crippen LogP contribution >= 0.6 is 0 Å². The largest absolute Gasteiger partial charge is 0.465 e. The van der Waals surface area contributed by atoms with Gasteiger partial charge in [0.2, 0.25) is 5.92 Å². The molecular formula is C20H18N4O5. The van der Waals surface area contributed by atoms with Crippen molar-refractivity contribution in [3.05, 3.63) is 54.6 Å². The first-order valence-corrected chi connectivity index (χ1v) is 9.15. The van der Waals surface area contributed by atoms with E-state index in [1.54, 1.807) is 13.0 Å². The lowest BCUT2D eigenvalue weighted by Gasteiger charge is -2.30. The molecule has 0 aliphatic carbocycles. The van der Waals surface area contributed by atoms with Crippen LogP contribution in [-0.4, -0.2) is 45.7 Å².